The molecule has 3 rings (SSSR count). The van der Waals surface area contributed by atoms with E-state index >= 15 is 0 Å². The molecule has 2 heterocycles. The van der Waals surface area contributed by atoms with Crippen molar-refractivity contribution >= 4 is 36.9 Å². The van der Waals surface area contributed by atoms with E-state index in [0.29, 0.717) is 0 Å². The first kappa shape index (κ1) is 14.1. The Morgan fingerprint density at radius 2 is 1.24 bits per heavy atom. The molecule has 0 unspecified atom stereocenters. The summed E-state index contributed by atoms with van der Waals surface area (Å²) in [4.78, 5) is 0. The predicted octanol–water partition coefficient (Wildman–Crippen LogP) is 2.22. The van der Waals surface area contributed by atoms with Gasteiger partial charge >= 0.3 is 0 Å². The molecule has 0 N–H and O–H groups in total. The van der Waals surface area contributed by atoms with Gasteiger partial charge in [0.25, 0.3) is 0 Å². The second-order valence-corrected chi connectivity index (χ2v) is 5.71. The number of nitrogens with zero attached hydrogens (tertiary/aromatic N) is 4. The van der Waals surface area contributed by atoms with Crippen molar-refractivity contribution in [1.82, 2.24) is 18.1 Å². The maximum Gasteiger partial charge on any atom is 0.138 e. The summed E-state index contributed by atoms with van der Waals surface area (Å²) in [6.07, 6.45) is 7.92. The summed E-state index contributed by atoms with van der Waals surface area (Å²) in [6, 6.07) is 10.3. The van der Waals surface area contributed by atoms with E-state index in [1.54, 1.807) is 0 Å². The van der Waals surface area contributed by atoms with Crippen LogP contribution < -0.4 is 5.46 Å². The second-order valence-electron chi connectivity index (χ2n) is 4.98. The van der Waals surface area contributed by atoms with Gasteiger partial charge in [0.2, 0.25) is 0 Å². The van der Waals surface area contributed by atoms with Crippen molar-refractivity contribution in [2.45, 2.75) is 0 Å². The van der Waals surface area contributed by atoms with Crippen molar-refractivity contribution in [1.29, 1.82) is 0 Å². The number of aryl methyl sites for hydroxylation is 2. The molecule has 1 aromatic carbocycles. The molecule has 0 aliphatic heterocycles. The van der Waals surface area contributed by atoms with E-state index in [1.807, 2.05) is 66.2 Å². The van der Waals surface area contributed by atoms with Crippen molar-refractivity contribution in [3.8, 4) is 0 Å². The molecule has 107 valence electrons. The Bertz CT molecular complexity index is 818. The van der Waals surface area contributed by atoms with E-state index in [9.17, 15) is 0 Å². The monoisotopic (exact) mass is 314 g/mol. The van der Waals surface area contributed by atoms with Gasteiger partial charge in [-0.3, -0.25) is 0 Å². The lowest BCUT2D eigenvalue weighted by atomic mass is 9.67. The van der Waals surface area contributed by atoms with Crippen molar-refractivity contribution in [2.24, 2.45) is 14.1 Å². The third-order valence-corrected chi connectivity index (χ3v) is 4.57. The molecule has 2 aromatic heterocycles. The Morgan fingerprint density at radius 3 is 1.62 bits per heavy atom. The van der Waals surface area contributed by atoms with Crippen molar-refractivity contribution < 1.29 is 0 Å². The average molecular weight is 314 g/mol. The molecule has 0 atom stereocenters. The molecule has 0 bridgehead atoms. The zero-order valence-electron chi connectivity index (χ0n) is 11.9. The maximum absolute atomic E-state index is 5.52. The van der Waals surface area contributed by atoms with Crippen LogP contribution in [0.1, 0.15) is 0 Å². The molecule has 4 nitrogen and oxygen atoms in total. The molecule has 0 saturated heterocycles. The minimum absolute atomic E-state index is 0.0754. The van der Waals surface area contributed by atoms with Crippen LogP contribution in [0, 0.1) is 9.54 Å². The molecule has 3 aromatic rings. The summed E-state index contributed by atoms with van der Waals surface area (Å²) in [7, 11) is 3.90. The number of benzene rings is 1. The third-order valence-electron chi connectivity index (χ3n) is 3.57. The first-order valence-electron chi connectivity index (χ1n) is 6.61. The quantitative estimate of drug-likeness (QED) is 0.546. The first-order chi connectivity index (χ1) is 10.1. The van der Waals surface area contributed by atoms with Crippen LogP contribution in [0.3, 0.4) is 0 Å². The van der Waals surface area contributed by atoms with Gasteiger partial charge in [-0.25, -0.2) is 0 Å². The fraction of sp³-hybridized carbons (Fsp3) is 0.143. The van der Waals surface area contributed by atoms with Gasteiger partial charge in [0.15, 0.2) is 0 Å². The molecular weight excluding hydrogens is 299 g/mol. The van der Waals surface area contributed by atoms with Crippen LogP contribution >= 0.6 is 24.4 Å². The molecule has 0 amide bonds. The minimum Gasteiger partial charge on any atom is -0.501 e. The van der Waals surface area contributed by atoms with E-state index < -0.39 is 0 Å². The summed E-state index contributed by atoms with van der Waals surface area (Å²) in [5.41, 5.74) is 1.14. The molecule has 0 saturated carbocycles. The minimum atomic E-state index is -0.0754. The molecule has 1 radical (unpaired) electrons. The normalized spacial score (nSPS) is 11.2. The number of imidazole rings is 2. The Hall–Kier alpha value is -1.86. The van der Waals surface area contributed by atoms with Crippen LogP contribution in [0.4, 0.5) is 0 Å². The van der Waals surface area contributed by atoms with Gasteiger partial charge in [0.1, 0.15) is 16.5 Å². The summed E-state index contributed by atoms with van der Waals surface area (Å²) in [5.74, 6) is 0. The number of aromatic nitrogens is 4. The molecule has 0 spiro atoms. The van der Waals surface area contributed by atoms with Crippen LogP contribution in [0.5, 0.6) is 0 Å². The van der Waals surface area contributed by atoms with E-state index in [-0.39, 0.29) is 6.98 Å². The van der Waals surface area contributed by atoms with Crippen molar-refractivity contribution in [2.75, 3.05) is 0 Å². The fourth-order valence-electron chi connectivity index (χ4n) is 2.42. The molecule has 21 heavy (non-hydrogen) atoms. The van der Waals surface area contributed by atoms with E-state index in [2.05, 4.69) is 21.1 Å². The summed E-state index contributed by atoms with van der Waals surface area (Å²) < 4.78 is 9.49. The van der Waals surface area contributed by atoms with Crippen LogP contribution in [-0.2, 0) is 14.1 Å². The molecule has 7 heteroatoms. The lowest BCUT2D eigenvalue weighted by Gasteiger charge is -2.32. The predicted molar refractivity (Wildman–Crippen MR) is 91.1 cm³/mol. The van der Waals surface area contributed by atoms with E-state index in [1.165, 1.54) is 0 Å². The largest absolute Gasteiger partial charge is 0.501 e. The van der Waals surface area contributed by atoms with Crippen LogP contribution in [-0.4, -0.2) is 25.1 Å². The number of hydrogen-bond donors (Lipinski definition) is 0. The molecule has 0 aliphatic rings. The highest BCUT2D eigenvalue weighted by Gasteiger charge is 2.09. The second kappa shape index (κ2) is 5.50. The van der Waals surface area contributed by atoms with Crippen LogP contribution in [0.15, 0.2) is 55.1 Å². The van der Waals surface area contributed by atoms with Crippen molar-refractivity contribution in [3.63, 3.8) is 0 Å². The average Bonchev–Trinajstić information content (AvgIpc) is 2.99. The fourth-order valence-corrected chi connectivity index (χ4v) is 2.86. The first-order valence-corrected chi connectivity index (χ1v) is 7.43. The maximum atomic E-state index is 5.52. The Balaban J connectivity index is 2.26. The zero-order valence-corrected chi connectivity index (χ0v) is 13.5. The van der Waals surface area contributed by atoms with Gasteiger partial charge in [-0.2, -0.15) is 5.46 Å². The highest BCUT2D eigenvalue weighted by atomic mass is 32.1. The zero-order chi connectivity index (χ0) is 15.0. The molecular formula is C14H15BN4S2-. The Kier molecular flexibility index (Phi) is 3.69. The molecule has 0 aliphatic carbocycles. The highest BCUT2D eigenvalue weighted by Crippen LogP contribution is 2.04. The number of rotatable bonds is 3. The summed E-state index contributed by atoms with van der Waals surface area (Å²) >= 11 is 11.0. The van der Waals surface area contributed by atoms with Crippen molar-refractivity contribution in [3.05, 3.63) is 64.7 Å². The third kappa shape index (κ3) is 2.43. The van der Waals surface area contributed by atoms with Gasteiger partial charge in [-0.05, 0) is 36.8 Å². The lowest BCUT2D eigenvalue weighted by molar-refractivity contribution is 0.857. The standard InChI is InChI=1S/C14H15BN4S2/c1-16-8-10-18(13(16)20)15(12-6-4-3-5-7-12)19-11-9-17(2)14(19)21/h3-11H,1-2H3/q-1. The van der Waals surface area contributed by atoms with Gasteiger partial charge in [0.05, 0.1) is 0 Å². The van der Waals surface area contributed by atoms with Crippen LogP contribution in [0.2, 0.25) is 0 Å². The lowest BCUT2D eigenvalue weighted by Crippen LogP contribution is -2.45. The molecule has 0 fully saturated rings. The SMILES string of the molecule is Cn1ccn([B-](c2ccccc2)n2ccn(C)c2=S)c1=S. The van der Waals surface area contributed by atoms with Crippen LogP contribution in [0.25, 0.3) is 0 Å². The smallest absolute Gasteiger partial charge is 0.138 e. The van der Waals surface area contributed by atoms with E-state index in [4.69, 9.17) is 24.4 Å². The highest BCUT2D eigenvalue weighted by molar-refractivity contribution is 7.71. The Labute approximate surface area is 134 Å². The van der Waals surface area contributed by atoms with Gasteiger partial charge in [-0.15, -0.1) is 0 Å². The van der Waals surface area contributed by atoms with E-state index in [0.717, 1.165) is 15.0 Å². The van der Waals surface area contributed by atoms with Gasteiger partial charge in [0, 0.05) is 26.5 Å². The summed E-state index contributed by atoms with van der Waals surface area (Å²) in [5, 5.41) is 0. The summed E-state index contributed by atoms with van der Waals surface area (Å²) in [6.45, 7) is -0.0754. The Morgan fingerprint density at radius 1 is 0.762 bits per heavy atom. The topological polar surface area (TPSA) is 19.7 Å². The van der Waals surface area contributed by atoms with Gasteiger partial charge < -0.3 is 18.1 Å². The van der Waals surface area contributed by atoms with Gasteiger partial charge in [-0.1, -0.05) is 30.3 Å². The number of hydrogen-bond acceptors (Lipinski definition) is 2.